The number of nitrogens with one attached hydrogen (secondary N) is 1. The first-order valence-corrected chi connectivity index (χ1v) is 12.8. The summed E-state index contributed by atoms with van der Waals surface area (Å²) in [6, 6.07) is 8.43. The van der Waals surface area contributed by atoms with Crippen LogP contribution >= 0.6 is 0 Å². The van der Waals surface area contributed by atoms with Crippen molar-refractivity contribution in [1.29, 1.82) is 5.26 Å². The molecule has 0 aromatic carbocycles. The van der Waals surface area contributed by atoms with Crippen molar-refractivity contribution in [2.75, 3.05) is 24.5 Å². The fourth-order valence-electron chi connectivity index (χ4n) is 5.54. The fourth-order valence-corrected chi connectivity index (χ4v) is 5.54. The Morgan fingerprint density at radius 2 is 1.89 bits per heavy atom. The predicted octanol–water partition coefficient (Wildman–Crippen LogP) is 3.88. The third-order valence-electron chi connectivity index (χ3n) is 7.41. The number of carbonyl (C=O) groups excluding carboxylic acids is 1. The van der Waals surface area contributed by atoms with Gasteiger partial charge in [-0.25, -0.2) is 14.3 Å². The minimum atomic E-state index is -0.488. The van der Waals surface area contributed by atoms with E-state index >= 15 is 0 Å². The average molecular weight is 511 g/mol. The first-order chi connectivity index (χ1) is 18.2. The van der Waals surface area contributed by atoms with Crippen molar-refractivity contribution in [3.63, 3.8) is 0 Å². The maximum absolute atomic E-state index is 12.0. The number of nitrogens with zero attached hydrogens (tertiary/aromatic N) is 7. The summed E-state index contributed by atoms with van der Waals surface area (Å²) in [6.07, 6.45) is 8.81. The number of fused-ring (bicyclic) bond motifs is 2. The smallest absolute Gasteiger partial charge is 0.407 e. The number of anilines is 1. The van der Waals surface area contributed by atoms with Crippen molar-refractivity contribution in [3.05, 3.63) is 54.7 Å². The van der Waals surface area contributed by atoms with E-state index in [0.717, 1.165) is 46.7 Å². The molecule has 5 heterocycles. The summed E-state index contributed by atoms with van der Waals surface area (Å²) in [5.41, 5.74) is 4.55. The van der Waals surface area contributed by atoms with Crippen molar-refractivity contribution in [3.8, 4) is 28.3 Å². The Morgan fingerprint density at radius 1 is 1.11 bits per heavy atom. The zero-order valence-electron chi connectivity index (χ0n) is 21.9. The van der Waals surface area contributed by atoms with Crippen molar-refractivity contribution >= 4 is 17.4 Å². The van der Waals surface area contributed by atoms with Gasteiger partial charge >= 0.3 is 6.09 Å². The summed E-state index contributed by atoms with van der Waals surface area (Å²) in [6.45, 7) is 8.12. The standard InChI is InChI=1S/C28H30N8O2/c1-28(2,3)38-27(37)31-12-22-23-15-35(16-24(22)23)25-6-5-17(9-30-25)21-7-18(20-11-32-34(4)13-20)14-36-26(21)19(8-29)10-33-36/h5-7,9-11,13-14,22-24H,12,15-16H2,1-4H3,(H,31,37)/t22-,23+,24?/m0/s1. The minimum absolute atomic E-state index is 0.351. The first kappa shape index (κ1) is 24.0. The lowest BCUT2D eigenvalue weighted by atomic mass is 10.0. The molecular weight excluding hydrogens is 480 g/mol. The number of alkyl carbamates (subject to hydrolysis) is 1. The highest BCUT2D eigenvalue weighted by atomic mass is 16.6. The maximum Gasteiger partial charge on any atom is 0.407 e. The molecule has 0 bridgehead atoms. The third kappa shape index (κ3) is 4.45. The zero-order chi connectivity index (χ0) is 26.6. The lowest BCUT2D eigenvalue weighted by molar-refractivity contribution is 0.0524. The number of piperidine rings is 1. The Morgan fingerprint density at radius 3 is 2.53 bits per heavy atom. The van der Waals surface area contributed by atoms with Crippen LogP contribution in [0.2, 0.25) is 0 Å². The second-order valence-corrected chi connectivity index (χ2v) is 11.2. The van der Waals surface area contributed by atoms with Crippen LogP contribution in [0.4, 0.5) is 10.6 Å². The van der Waals surface area contributed by atoms with Crippen LogP contribution in [0.5, 0.6) is 0 Å². The Labute approximate surface area is 220 Å². The molecule has 1 aliphatic heterocycles. The van der Waals surface area contributed by atoms with Gasteiger partial charge in [-0.2, -0.15) is 15.5 Å². The Balaban J connectivity index is 1.17. The molecule has 38 heavy (non-hydrogen) atoms. The van der Waals surface area contributed by atoms with Crippen LogP contribution in [-0.4, -0.2) is 55.7 Å². The molecule has 3 atom stereocenters. The van der Waals surface area contributed by atoms with Gasteiger partial charge < -0.3 is 15.0 Å². The predicted molar refractivity (Wildman–Crippen MR) is 142 cm³/mol. The molecule has 2 fully saturated rings. The topological polar surface area (TPSA) is 113 Å². The zero-order valence-corrected chi connectivity index (χ0v) is 21.9. The van der Waals surface area contributed by atoms with E-state index in [-0.39, 0.29) is 6.09 Å². The van der Waals surface area contributed by atoms with Crippen molar-refractivity contribution in [2.45, 2.75) is 26.4 Å². The van der Waals surface area contributed by atoms with Gasteiger partial charge in [0.25, 0.3) is 0 Å². The molecule has 1 aliphatic carbocycles. The fraction of sp³-hybridized carbons (Fsp3) is 0.393. The van der Waals surface area contributed by atoms with E-state index in [2.05, 4.69) is 38.6 Å². The van der Waals surface area contributed by atoms with Gasteiger partial charge in [-0.3, -0.25) is 4.68 Å². The average Bonchev–Trinajstić information content (AvgIpc) is 3.32. The van der Waals surface area contributed by atoms with Crippen LogP contribution in [0.25, 0.3) is 27.8 Å². The molecule has 2 aliphatic rings. The quantitative estimate of drug-likeness (QED) is 0.433. The van der Waals surface area contributed by atoms with Gasteiger partial charge in [0.2, 0.25) is 0 Å². The molecule has 0 spiro atoms. The van der Waals surface area contributed by atoms with Crippen LogP contribution in [0.15, 0.2) is 49.2 Å². The van der Waals surface area contributed by atoms with Gasteiger partial charge in [0.05, 0.1) is 23.5 Å². The number of hydrogen-bond acceptors (Lipinski definition) is 7. The van der Waals surface area contributed by atoms with Gasteiger partial charge in [-0.05, 0) is 56.7 Å². The van der Waals surface area contributed by atoms with E-state index in [0.29, 0.717) is 29.9 Å². The van der Waals surface area contributed by atoms with Gasteiger partial charge in [0.15, 0.2) is 0 Å². The first-order valence-electron chi connectivity index (χ1n) is 12.8. The number of pyridine rings is 2. The highest BCUT2D eigenvalue weighted by Crippen LogP contribution is 2.52. The minimum Gasteiger partial charge on any atom is -0.444 e. The van der Waals surface area contributed by atoms with E-state index in [1.54, 1.807) is 15.4 Å². The van der Waals surface area contributed by atoms with E-state index in [1.165, 1.54) is 0 Å². The molecule has 4 aromatic heterocycles. The molecule has 194 valence electrons. The molecule has 1 amide bonds. The third-order valence-corrected chi connectivity index (χ3v) is 7.41. The molecule has 6 rings (SSSR count). The molecule has 1 unspecified atom stereocenters. The van der Waals surface area contributed by atoms with Crippen molar-refractivity contribution < 1.29 is 9.53 Å². The Bertz CT molecular complexity index is 1540. The number of aryl methyl sites for hydroxylation is 1. The Hall–Kier alpha value is -4.39. The summed E-state index contributed by atoms with van der Waals surface area (Å²) < 4.78 is 8.86. The second-order valence-electron chi connectivity index (χ2n) is 11.2. The SMILES string of the molecule is Cn1cc(-c2cc(-c3ccc(N4CC5[C@@H](CNC(=O)OC(C)(C)C)[C@H]5C4)nc3)c3c(C#N)cnn3c2)cn1. The number of carbonyl (C=O) groups is 1. The lowest BCUT2D eigenvalue weighted by Gasteiger charge is -2.22. The van der Waals surface area contributed by atoms with E-state index in [9.17, 15) is 10.1 Å². The molecule has 0 radical (unpaired) electrons. The summed E-state index contributed by atoms with van der Waals surface area (Å²) in [5, 5.41) is 21.3. The summed E-state index contributed by atoms with van der Waals surface area (Å²) in [4.78, 5) is 19.1. The number of nitriles is 1. The summed E-state index contributed by atoms with van der Waals surface area (Å²) in [7, 11) is 1.88. The van der Waals surface area contributed by atoms with E-state index in [4.69, 9.17) is 9.72 Å². The lowest BCUT2D eigenvalue weighted by Crippen LogP contribution is -2.35. The number of hydrogen-bond donors (Lipinski definition) is 1. The molecular formula is C28H30N8O2. The summed E-state index contributed by atoms with van der Waals surface area (Å²) in [5.74, 6) is 2.56. The second kappa shape index (κ2) is 8.87. The van der Waals surface area contributed by atoms with Crippen LogP contribution in [0, 0.1) is 29.1 Å². The van der Waals surface area contributed by atoms with Gasteiger partial charge in [0.1, 0.15) is 17.5 Å². The maximum atomic E-state index is 12.0. The number of aromatic nitrogens is 5. The van der Waals surface area contributed by atoms with E-state index < -0.39 is 5.60 Å². The Kier molecular flexibility index (Phi) is 5.60. The van der Waals surface area contributed by atoms with Crippen molar-refractivity contribution in [1.82, 2.24) is 29.7 Å². The highest BCUT2D eigenvalue weighted by Gasteiger charge is 2.55. The number of amides is 1. The van der Waals surface area contributed by atoms with Gasteiger partial charge in [-0.15, -0.1) is 0 Å². The van der Waals surface area contributed by atoms with Gasteiger partial charge in [-0.1, -0.05) is 0 Å². The van der Waals surface area contributed by atoms with Crippen LogP contribution in [0.3, 0.4) is 0 Å². The van der Waals surface area contributed by atoms with Gasteiger partial charge in [0, 0.05) is 67.5 Å². The molecule has 1 saturated carbocycles. The highest BCUT2D eigenvalue weighted by molar-refractivity contribution is 5.87. The monoisotopic (exact) mass is 510 g/mol. The normalized spacial score (nSPS) is 20.3. The van der Waals surface area contributed by atoms with Crippen LogP contribution in [-0.2, 0) is 11.8 Å². The summed E-state index contributed by atoms with van der Waals surface area (Å²) >= 11 is 0. The molecule has 4 aromatic rings. The van der Waals surface area contributed by atoms with Crippen molar-refractivity contribution in [2.24, 2.45) is 24.8 Å². The molecule has 1 saturated heterocycles. The number of rotatable bonds is 5. The molecule has 10 heteroatoms. The van der Waals surface area contributed by atoms with Crippen LogP contribution < -0.4 is 10.2 Å². The largest absolute Gasteiger partial charge is 0.444 e. The van der Waals surface area contributed by atoms with E-state index in [1.807, 2.05) is 58.7 Å². The number of ether oxygens (including phenoxy) is 1. The molecule has 10 nitrogen and oxygen atoms in total. The van der Waals surface area contributed by atoms with Crippen LogP contribution in [0.1, 0.15) is 26.3 Å². The molecule has 1 N–H and O–H groups in total.